The third-order valence-corrected chi connectivity index (χ3v) is 7.77. The maximum atomic E-state index is 12.7. The molecule has 1 aromatic heterocycles. The molecule has 0 saturated carbocycles. The first-order chi connectivity index (χ1) is 17.6. The molecule has 0 aliphatic carbocycles. The Hall–Kier alpha value is -3.68. The van der Waals surface area contributed by atoms with E-state index in [0.717, 1.165) is 25.8 Å². The molecule has 4 rings (SSSR count). The zero-order valence-electron chi connectivity index (χ0n) is 20.5. The van der Waals surface area contributed by atoms with Gasteiger partial charge in [0.1, 0.15) is 0 Å². The molecule has 3 aromatic rings. The maximum Gasteiger partial charge on any atom is 0.323 e. The number of sulfonamides is 1. The van der Waals surface area contributed by atoms with Crippen LogP contribution in [0.2, 0.25) is 0 Å². The van der Waals surface area contributed by atoms with E-state index >= 15 is 0 Å². The lowest BCUT2D eigenvalue weighted by molar-refractivity contribution is -0.126. The number of nitrogens with zero attached hydrogens (tertiary/aromatic N) is 3. The second-order valence-corrected chi connectivity index (χ2v) is 10.8. The van der Waals surface area contributed by atoms with Crippen molar-refractivity contribution >= 4 is 44.1 Å². The van der Waals surface area contributed by atoms with Crippen LogP contribution in [0.25, 0.3) is 11.0 Å². The highest BCUT2D eigenvalue weighted by atomic mass is 32.2. The van der Waals surface area contributed by atoms with E-state index in [2.05, 4.69) is 35.1 Å². The zero-order valence-corrected chi connectivity index (χ0v) is 21.3. The Balaban J connectivity index is 1.37. The standard InChI is InChI=1S/C24H29N7O5S/c1-15(32)22(30-29-17-7-10-20-21(14-17)28-24(34)27-20)23(33)26-16-5-8-19(9-6-16)37(35,36)25-12-11-18-4-3-13-31(18)2/h5-10,14,18,22,25H,3-4,11-13H2,1-2H3,(H,26,33)(H2,27,28,34). The van der Waals surface area contributed by atoms with Crippen LogP contribution in [-0.2, 0) is 19.6 Å². The monoisotopic (exact) mass is 527 g/mol. The summed E-state index contributed by atoms with van der Waals surface area (Å²) in [5.74, 6) is -1.23. The summed E-state index contributed by atoms with van der Waals surface area (Å²) in [6.45, 7) is 2.59. The lowest BCUT2D eigenvalue weighted by Crippen LogP contribution is -2.32. The van der Waals surface area contributed by atoms with Crippen LogP contribution in [0.3, 0.4) is 0 Å². The molecule has 1 amide bonds. The predicted octanol–water partition coefficient (Wildman–Crippen LogP) is 2.30. The van der Waals surface area contributed by atoms with Gasteiger partial charge in [0.15, 0.2) is 5.78 Å². The van der Waals surface area contributed by atoms with Gasteiger partial charge in [-0.2, -0.15) is 10.2 Å². The average Bonchev–Trinajstić information content (AvgIpc) is 3.42. The molecule has 196 valence electrons. The van der Waals surface area contributed by atoms with Gasteiger partial charge in [-0.1, -0.05) is 0 Å². The number of fused-ring (bicyclic) bond motifs is 1. The Morgan fingerprint density at radius 2 is 1.86 bits per heavy atom. The lowest BCUT2D eigenvalue weighted by Gasteiger charge is -2.19. The second-order valence-electron chi connectivity index (χ2n) is 9.01. The molecule has 0 bridgehead atoms. The Morgan fingerprint density at radius 1 is 1.14 bits per heavy atom. The van der Waals surface area contributed by atoms with E-state index < -0.39 is 27.8 Å². The molecule has 13 heteroatoms. The smallest absolute Gasteiger partial charge is 0.323 e. The molecule has 2 heterocycles. The summed E-state index contributed by atoms with van der Waals surface area (Å²) in [5, 5.41) is 10.4. The van der Waals surface area contributed by atoms with Crippen molar-refractivity contribution in [1.29, 1.82) is 0 Å². The van der Waals surface area contributed by atoms with Crippen LogP contribution in [0, 0.1) is 0 Å². The van der Waals surface area contributed by atoms with Crippen LogP contribution in [0.4, 0.5) is 11.4 Å². The number of hydrogen-bond donors (Lipinski definition) is 4. The van der Waals surface area contributed by atoms with Gasteiger partial charge in [-0.05, 0) is 82.2 Å². The van der Waals surface area contributed by atoms with Crippen LogP contribution in [0.1, 0.15) is 26.2 Å². The Labute approximate surface area is 213 Å². The van der Waals surface area contributed by atoms with Gasteiger partial charge in [0.25, 0.3) is 5.91 Å². The van der Waals surface area contributed by atoms with E-state index in [1.54, 1.807) is 18.2 Å². The Bertz CT molecular complexity index is 1480. The summed E-state index contributed by atoms with van der Waals surface area (Å²) < 4.78 is 27.9. The number of carbonyl (C=O) groups excluding carboxylic acids is 2. The minimum absolute atomic E-state index is 0.0753. The first-order valence-electron chi connectivity index (χ1n) is 11.9. The molecule has 0 spiro atoms. The molecule has 1 fully saturated rings. The number of azo groups is 1. The van der Waals surface area contributed by atoms with Crippen molar-refractivity contribution < 1.29 is 18.0 Å². The van der Waals surface area contributed by atoms with Gasteiger partial charge in [-0.25, -0.2) is 17.9 Å². The highest BCUT2D eigenvalue weighted by Crippen LogP contribution is 2.20. The SMILES string of the molecule is CC(=O)C(N=Nc1ccc2[nH]c(=O)[nH]c2c1)C(=O)Nc1ccc(S(=O)(=O)NCCC2CCCN2C)cc1. The van der Waals surface area contributed by atoms with Gasteiger partial charge >= 0.3 is 5.69 Å². The minimum atomic E-state index is -3.69. The zero-order chi connectivity index (χ0) is 26.6. The number of anilines is 1. The summed E-state index contributed by atoms with van der Waals surface area (Å²) in [4.78, 5) is 43.7. The number of rotatable bonds is 10. The largest absolute Gasteiger partial charge is 0.324 e. The summed E-state index contributed by atoms with van der Waals surface area (Å²) in [6, 6.07) is 9.42. The molecule has 2 aromatic carbocycles. The molecule has 2 atom stereocenters. The topological polar surface area (TPSA) is 169 Å². The normalized spacial score (nSPS) is 17.4. The molecule has 4 N–H and O–H groups in total. The van der Waals surface area contributed by atoms with Crippen molar-refractivity contribution in [1.82, 2.24) is 19.6 Å². The van der Waals surface area contributed by atoms with E-state index in [0.29, 0.717) is 35.0 Å². The number of H-pyrrole nitrogens is 2. The average molecular weight is 528 g/mol. The molecule has 37 heavy (non-hydrogen) atoms. The van der Waals surface area contributed by atoms with E-state index in [9.17, 15) is 22.8 Å². The van der Waals surface area contributed by atoms with E-state index in [1.165, 1.54) is 31.2 Å². The molecular formula is C24H29N7O5S. The first-order valence-corrected chi connectivity index (χ1v) is 13.3. The van der Waals surface area contributed by atoms with Crippen molar-refractivity contribution in [3.05, 3.63) is 52.9 Å². The predicted molar refractivity (Wildman–Crippen MR) is 138 cm³/mol. The van der Waals surface area contributed by atoms with Crippen molar-refractivity contribution in [2.45, 2.75) is 43.2 Å². The molecule has 12 nitrogen and oxygen atoms in total. The Kier molecular flexibility index (Phi) is 7.95. The van der Waals surface area contributed by atoms with E-state index in [-0.39, 0.29) is 10.6 Å². The summed E-state index contributed by atoms with van der Waals surface area (Å²) in [5.41, 5.74) is 1.40. The molecule has 0 radical (unpaired) electrons. The Morgan fingerprint density at radius 3 is 2.54 bits per heavy atom. The number of likely N-dealkylation sites (tertiary alicyclic amines) is 1. The molecular weight excluding hydrogens is 498 g/mol. The van der Waals surface area contributed by atoms with Gasteiger partial charge in [0, 0.05) is 18.3 Å². The third-order valence-electron chi connectivity index (χ3n) is 6.29. The second kappa shape index (κ2) is 11.2. The number of hydrogen-bond acceptors (Lipinski definition) is 8. The number of nitrogens with one attached hydrogen (secondary N) is 4. The van der Waals surface area contributed by atoms with Gasteiger partial charge in [-0.15, -0.1) is 0 Å². The van der Waals surface area contributed by atoms with Crippen molar-refractivity contribution in [3.8, 4) is 0 Å². The van der Waals surface area contributed by atoms with Crippen molar-refractivity contribution in [2.75, 3.05) is 25.5 Å². The van der Waals surface area contributed by atoms with Gasteiger partial charge < -0.3 is 20.2 Å². The fraction of sp³-hybridized carbons (Fsp3) is 0.375. The highest BCUT2D eigenvalue weighted by Gasteiger charge is 2.24. The fourth-order valence-corrected chi connectivity index (χ4v) is 5.29. The lowest BCUT2D eigenvalue weighted by atomic mass is 10.1. The number of imidazole rings is 1. The molecule has 2 unspecified atom stereocenters. The fourth-order valence-electron chi connectivity index (χ4n) is 4.24. The van der Waals surface area contributed by atoms with Gasteiger partial charge in [0.05, 0.1) is 21.6 Å². The van der Waals surface area contributed by atoms with Gasteiger partial charge in [-0.3, -0.25) is 9.59 Å². The summed E-state index contributed by atoms with van der Waals surface area (Å²) in [7, 11) is -1.65. The molecule has 1 saturated heterocycles. The van der Waals surface area contributed by atoms with Crippen molar-refractivity contribution in [2.24, 2.45) is 10.2 Å². The van der Waals surface area contributed by atoms with Crippen LogP contribution < -0.4 is 15.7 Å². The number of aromatic amines is 2. The number of benzene rings is 2. The number of carbonyl (C=O) groups is 2. The number of Topliss-reactive ketones (excluding diaryl/α,β-unsaturated/α-hetero) is 1. The van der Waals surface area contributed by atoms with E-state index in [1.807, 2.05) is 7.05 Å². The third kappa shape index (κ3) is 6.56. The number of ketones is 1. The van der Waals surface area contributed by atoms with Gasteiger partial charge in [0.2, 0.25) is 16.1 Å². The van der Waals surface area contributed by atoms with Crippen molar-refractivity contribution in [3.63, 3.8) is 0 Å². The minimum Gasteiger partial charge on any atom is -0.324 e. The van der Waals surface area contributed by atoms with Crippen LogP contribution in [-0.4, -0.2) is 67.2 Å². The summed E-state index contributed by atoms with van der Waals surface area (Å²) >= 11 is 0. The maximum absolute atomic E-state index is 12.7. The number of aromatic nitrogens is 2. The van der Waals surface area contributed by atoms with Crippen LogP contribution in [0.15, 0.2) is 62.4 Å². The highest BCUT2D eigenvalue weighted by molar-refractivity contribution is 7.89. The summed E-state index contributed by atoms with van der Waals surface area (Å²) in [6.07, 6.45) is 2.93. The quantitative estimate of drug-likeness (QED) is 0.233. The molecule has 1 aliphatic rings. The van der Waals surface area contributed by atoms with E-state index in [4.69, 9.17) is 0 Å². The molecule has 1 aliphatic heterocycles. The number of amides is 1. The van der Waals surface area contributed by atoms with Crippen LogP contribution in [0.5, 0.6) is 0 Å². The first kappa shape index (κ1) is 26.4. The van der Waals surface area contributed by atoms with Crippen LogP contribution >= 0.6 is 0 Å².